The lowest BCUT2D eigenvalue weighted by Gasteiger charge is -2.34. The van der Waals surface area contributed by atoms with Crippen LogP contribution >= 0.6 is 0 Å². The molecule has 0 aromatic carbocycles. The molecule has 1 N–H and O–H groups in total. The van der Waals surface area contributed by atoms with Crippen LogP contribution in [0.2, 0.25) is 0 Å². The van der Waals surface area contributed by atoms with E-state index in [1.165, 1.54) is 89.9 Å². The molecule has 1 aliphatic rings. The van der Waals surface area contributed by atoms with E-state index in [0.717, 1.165) is 12.8 Å². The van der Waals surface area contributed by atoms with Crippen molar-refractivity contribution in [1.29, 1.82) is 0 Å². The average Bonchev–Trinajstić information content (AvgIpc) is 2.87. The Morgan fingerprint density at radius 3 is 1.61 bits per heavy atom. The van der Waals surface area contributed by atoms with Crippen LogP contribution < -0.4 is 5.06 Å². The van der Waals surface area contributed by atoms with Crippen molar-refractivity contribution < 1.29 is 5.06 Å². The smallest absolute Gasteiger partial charge is 0.102 e. The van der Waals surface area contributed by atoms with Gasteiger partial charge in [-0.3, -0.25) is 0 Å². The molecule has 0 spiro atoms. The molecule has 0 aromatic rings. The minimum Gasteiger partial charge on any atom is -0.629 e. The van der Waals surface area contributed by atoms with Gasteiger partial charge in [-0.2, -0.15) is 0 Å². The Morgan fingerprint density at radius 1 is 0.783 bits per heavy atom. The quantitative estimate of drug-likeness (QED) is 0.294. The Kier molecular flexibility index (Phi) is 11.7. The molecule has 2 nitrogen and oxygen atoms in total. The van der Waals surface area contributed by atoms with Crippen LogP contribution in [0.5, 0.6) is 0 Å². The monoisotopic (exact) mass is 323 g/mol. The first-order valence-corrected chi connectivity index (χ1v) is 10.4. The van der Waals surface area contributed by atoms with E-state index >= 15 is 0 Å². The van der Waals surface area contributed by atoms with Gasteiger partial charge >= 0.3 is 0 Å². The molecular weight excluding hydrogens is 282 g/mol. The zero-order valence-electron chi connectivity index (χ0n) is 15.9. The largest absolute Gasteiger partial charge is 0.629 e. The van der Waals surface area contributed by atoms with Crippen molar-refractivity contribution >= 4 is 0 Å². The number of hydrogen-bond donors (Lipinski definition) is 1. The summed E-state index contributed by atoms with van der Waals surface area (Å²) < 4.78 is 0. The first-order chi connectivity index (χ1) is 11.2. The third-order valence-electron chi connectivity index (χ3n) is 5.51. The summed E-state index contributed by atoms with van der Waals surface area (Å²) in [4.78, 5) is 0. The predicted molar refractivity (Wildman–Crippen MR) is 101 cm³/mol. The number of quaternary nitrogens is 1. The van der Waals surface area contributed by atoms with E-state index in [9.17, 15) is 5.21 Å². The molecule has 0 radical (unpaired) electrons. The van der Waals surface area contributed by atoms with Gasteiger partial charge in [0.2, 0.25) is 0 Å². The highest BCUT2D eigenvalue weighted by Crippen LogP contribution is 2.20. The summed E-state index contributed by atoms with van der Waals surface area (Å²) in [5, 5.41) is 12.1. The van der Waals surface area contributed by atoms with Crippen molar-refractivity contribution in [3.63, 3.8) is 0 Å². The van der Waals surface area contributed by atoms with Gasteiger partial charge in [0.25, 0.3) is 0 Å². The van der Waals surface area contributed by atoms with Gasteiger partial charge in [0.15, 0.2) is 0 Å². The Labute approximate surface area is 145 Å². The van der Waals surface area contributed by atoms with Crippen LogP contribution in [0.3, 0.4) is 0 Å². The van der Waals surface area contributed by atoms with Gasteiger partial charge in [-0.1, -0.05) is 90.4 Å². The summed E-state index contributed by atoms with van der Waals surface area (Å²) in [7, 11) is 0. The van der Waals surface area contributed by atoms with Gasteiger partial charge in [-0.25, -0.2) is 0 Å². The predicted octanol–water partition coefficient (Wildman–Crippen LogP) is 5.92. The van der Waals surface area contributed by atoms with Gasteiger partial charge in [0, 0.05) is 12.8 Å². The summed E-state index contributed by atoms with van der Waals surface area (Å²) in [6, 6.07) is 0. The van der Waals surface area contributed by atoms with Gasteiger partial charge < -0.3 is 10.3 Å². The number of hydroxylamine groups is 2. The van der Waals surface area contributed by atoms with E-state index in [0.29, 0.717) is 5.06 Å². The van der Waals surface area contributed by atoms with E-state index in [1.54, 1.807) is 6.20 Å². The maximum Gasteiger partial charge on any atom is 0.102 e. The fourth-order valence-electron chi connectivity index (χ4n) is 3.66. The van der Waals surface area contributed by atoms with Crippen LogP contribution in [-0.2, 0) is 0 Å². The topological polar surface area (TPSA) is 27.5 Å². The van der Waals surface area contributed by atoms with Crippen molar-refractivity contribution in [2.45, 2.75) is 122 Å². The molecule has 23 heavy (non-hydrogen) atoms. The number of nitrogens with one attached hydrogen (secondary N) is 1. The highest BCUT2D eigenvalue weighted by molar-refractivity contribution is 4.92. The standard InChI is InChI=1S/C21H41NO/c1-3-4-5-6-7-8-9-10-11-12-13-14-15-16-18-21(2)19-17-20-22(21)23/h17,20,22H,3-16,18-19H2,1-2H3. The second-order valence-corrected chi connectivity index (χ2v) is 7.88. The number of unbranched alkanes of at least 4 members (excludes halogenated alkanes) is 13. The maximum absolute atomic E-state index is 11.8. The highest BCUT2D eigenvalue weighted by Gasteiger charge is 2.32. The molecule has 0 amide bonds. The average molecular weight is 324 g/mol. The maximum atomic E-state index is 11.8. The second-order valence-electron chi connectivity index (χ2n) is 7.88. The Hall–Kier alpha value is -0.340. The zero-order chi connectivity index (χ0) is 16.8. The number of hydrogen-bond acceptors (Lipinski definition) is 1. The van der Waals surface area contributed by atoms with E-state index < -0.39 is 0 Å². The second kappa shape index (κ2) is 13.0. The lowest BCUT2D eigenvalue weighted by atomic mass is 9.92. The van der Waals surface area contributed by atoms with Gasteiger partial charge in [-0.05, 0) is 19.4 Å². The lowest BCUT2D eigenvalue weighted by molar-refractivity contribution is -0.845. The molecule has 0 fully saturated rings. The first-order valence-electron chi connectivity index (χ1n) is 10.4. The first kappa shape index (κ1) is 20.7. The summed E-state index contributed by atoms with van der Waals surface area (Å²) in [5.41, 5.74) is -0.0584. The Balaban J connectivity index is 1.77. The molecule has 0 aliphatic carbocycles. The summed E-state index contributed by atoms with van der Waals surface area (Å²) in [5.74, 6) is 0. The Bertz CT molecular complexity index is 302. The molecule has 0 saturated carbocycles. The van der Waals surface area contributed by atoms with Crippen LogP contribution in [0.4, 0.5) is 0 Å². The van der Waals surface area contributed by atoms with Crippen LogP contribution in [0.15, 0.2) is 12.3 Å². The fourth-order valence-corrected chi connectivity index (χ4v) is 3.66. The van der Waals surface area contributed by atoms with Crippen LogP contribution in [0, 0.1) is 5.21 Å². The van der Waals surface area contributed by atoms with Gasteiger partial charge in [0.1, 0.15) is 5.54 Å². The van der Waals surface area contributed by atoms with E-state index in [-0.39, 0.29) is 5.54 Å². The van der Waals surface area contributed by atoms with E-state index in [2.05, 4.69) is 13.8 Å². The minimum absolute atomic E-state index is 0.0584. The summed E-state index contributed by atoms with van der Waals surface area (Å²) >= 11 is 0. The molecule has 0 bridgehead atoms. The molecule has 1 aliphatic heterocycles. The van der Waals surface area contributed by atoms with Crippen LogP contribution in [-0.4, -0.2) is 5.54 Å². The number of rotatable bonds is 15. The van der Waals surface area contributed by atoms with E-state index in [4.69, 9.17) is 0 Å². The third-order valence-corrected chi connectivity index (χ3v) is 5.51. The molecule has 0 aromatic heterocycles. The van der Waals surface area contributed by atoms with Crippen molar-refractivity contribution in [1.82, 2.24) is 0 Å². The zero-order valence-corrected chi connectivity index (χ0v) is 15.9. The normalized spacial score (nSPS) is 23.7. The van der Waals surface area contributed by atoms with Crippen LogP contribution in [0.25, 0.3) is 0 Å². The summed E-state index contributed by atoms with van der Waals surface area (Å²) in [6.07, 6.45) is 25.4. The molecule has 2 atom stereocenters. The molecule has 0 saturated heterocycles. The Morgan fingerprint density at radius 2 is 1.22 bits per heavy atom. The van der Waals surface area contributed by atoms with Gasteiger partial charge in [0.05, 0.1) is 6.20 Å². The fraction of sp³-hybridized carbons (Fsp3) is 0.905. The molecular formula is C21H41NO. The summed E-state index contributed by atoms with van der Waals surface area (Å²) in [6.45, 7) is 4.42. The van der Waals surface area contributed by atoms with Gasteiger partial charge in [-0.15, -0.1) is 0 Å². The SMILES string of the molecule is CCCCCCCCCCCCCCCCC1(C)CC=C[NH+]1[O-]. The van der Waals surface area contributed by atoms with E-state index in [1.807, 2.05) is 6.08 Å². The molecule has 136 valence electrons. The minimum atomic E-state index is -0.0584. The lowest BCUT2D eigenvalue weighted by Crippen LogP contribution is -3.10. The van der Waals surface area contributed by atoms with Crippen molar-refractivity contribution in [3.05, 3.63) is 17.5 Å². The highest BCUT2D eigenvalue weighted by atomic mass is 16.5. The van der Waals surface area contributed by atoms with Crippen LogP contribution in [0.1, 0.15) is 117 Å². The van der Waals surface area contributed by atoms with Crippen molar-refractivity contribution in [2.75, 3.05) is 0 Å². The molecule has 1 rings (SSSR count). The third kappa shape index (κ3) is 9.52. The van der Waals surface area contributed by atoms with Crippen molar-refractivity contribution in [3.8, 4) is 0 Å². The molecule has 1 heterocycles. The molecule has 2 unspecified atom stereocenters. The molecule has 2 heteroatoms. The van der Waals surface area contributed by atoms with Crippen molar-refractivity contribution in [2.24, 2.45) is 0 Å².